The van der Waals surface area contributed by atoms with E-state index in [9.17, 15) is 0 Å². The molecule has 2 aromatic rings. The smallest absolute Gasteiger partial charge is 0.0299 e. The van der Waals surface area contributed by atoms with Crippen LogP contribution in [-0.2, 0) is 0 Å². The maximum atomic E-state index is 2.48. The van der Waals surface area contributed by atoms with Gasteiger partial charge in [-0.2, -0.15) is 0 Å². The maximum Gasteiger partial charge on any atom is 0.117 e. The van der Waals surface area contributed by atoms with Crippen molar-refractivity contribution in [2.24, 2.45) is 0 Å². The summed E-state index contributed by atoms with van der Waals surface area (Å²) in [4.78, 5) is 0. The van der Waals surface area contributed by atoms with Gasteiger partial charge in [0.25, 0.3) is 0 Å². The molecule has 50 valence electrons. The molecule has 0 saturated heterocycles. The average molecular weight is 213 g/mol. The van der Waals surface area contributed by atoms with Gasteiger partial charge in [0, 0.05) is 0 Å². The first-order valence-corrected chi connectivity index (χ1v) is 15.9. The normalized spacial score (nSPS) is 30.0. The Kier molecular flexibility index (Phi) is 1.05. The molecule has 0 unspecified atom stereocenters. The van der Waals surface area contributed by atoms with Crippen LogP contribution in [0.2, 0.25) is 0 Å². The molecule has 2 aromatic heterocycles. The van der Waals surface area contributed by atoms with Crippen molar-refractivity contribution in [1.82, 2.24) is 0 Å². The Hall–Kier alpha value is 1.63. The summed E-state index contributed by atoms with van der Waals surface area (Å²) in [6.07, 6.45) is 5.28. The molecule has 0 nitrogen and oxygen atoms in total. The molecule has 0 aromatic carbocycles. The number of hydrogen-bond acceptors (Lipinski definition) is 0. The highest BCUT2D eigenvalue weighted by atomic mass is 33.4. The maximum absolute atomic E-state index is 2.48. The summed E-state index contributed by atoms with van der Waals surface area (Å²) >= 11 is 0. The van der Waals surface area contributed by atoms with Gasteiger partial charge in [-0.3, -0.25) is 0 Å². The van der Waals surface area contributed by atoms with Crippen molar-refractivity contribution in [3.63, 3.8) is 0 Å². The van der Waals surface area contributed by atoms with Crippen LogP contribution in [0.5, 0.6) is 0 Å². The van der Waals surface area contributed by atoms with Crippen molar-refractivity contribution >= 4 is 32.5 Å². The third kappa shape index (κ3) is 0.442. The lowest BCUT2D eigenvalue weighted by atomic mass is 11.0. The zero-order valence-corrected chi connectivity index (χ0v) is 10.1. The van der Waals surface area contributed by atoms with Gasteiger partial charge < -0.3 is 0 Å². The first-order chi connectivity index (χ1) is 4.37. The van der Waals surface area contributed by atoms with Crippen LogP contribution in [0.3, 0.4) is 0 Å². The molecule has 2 aliphatic heterocycles. The molecule has 4 heterocycles. The molecular weight excluding hydrogens is 203 g/mol. The zero-order valence-electron chi connectivity index (χ0n) is 5.65. The summed E-state index contributed by atoms with van der Waals surface area (Å²) in [6, 6.07) is 0. The molecule has 9 heavy (non-hydrogen) atoms. The van der Waals surface area contributed by atoms with E-state index in [1.165, 1.54) is 0 Å². The van der Waals surface area contributed by atoms with Crippen LogP contribution in [0.15, 0.2) is 0 Å². The van der Waals surface area contributed by atoms with Crippen LogP contribution in [-0.4, -0.2) is 12.3 Å². The Morgan fingerprint density at radius 3 is 1.56 bits per heavy atom. The minimum Gasteiger partial charge on any atom is -0.0299 e. The van der Waals surface area contributed by atoms with Gasteiger partial charge >= 0.3 is 0 Å². The van der Waals surface area contributed by atoms with Crippen molar-refractivity contribution < 1.29 is 0 Å². The third-order valence-electron chi connectivity index (χ3n) is 2.42. The topological polar surface area (TPSA) is 0 Å². The first kappa shape index (κ1) is 6.18. The highest BCUT2D eigenvalue weighted by Crippen LogP contribution is 3.42. The van der Waals surface area contributed by atoms with E-state index >= 15 is 0 Å². The summed E-state index contributed by atoms with van der Waals surface area (Å²) in [5, 5.41) is 0. The van der Waals surface area contributed by atoms with Gasteiger partial charge in [0.2, 0.25) is 0 Å². The summed E-state index contributed by atoms with van der Waals surface area (Å²) < 4.78 is 0. The average Bonchev–Trinajstić information content (AvgIpc) is 2.54. The Balaban J connectivity index is 2.03. The molecule has 0 fully saturated rings. The second-order valence-electron chi connectivity index (χ2n) is 2.58. The second kappa shape index (κ2) is 1.53. The lowest BCUT2D eigenvalue weighted by Gasteiger charge is -2.26. The van der Waals surface area contributed by atoms with E-state index < -0.39 is 0 Å². The minimum atomic E-state index is -0.00103. The molecular formula is C4H10P5+. The molecule has 0 N–H and O–H groups in total. The van der Waals surface area contributed by atoms with Crippen molar-refractivity contribution in [1.29, 1.82) is 0 Å². The fourth-order valence-electron chi connectivity index (χ4n) is 1.66. The Morgan fingerprint density at radius 2 is 1.44 bits per heavy atom. The number of rotatable bonds is 2. The van der Waals surface area contributed by atoms with Crippen molar-refractivity contribution in [2.45, 2.75) is 13.8 Å². The van der Waals surface area contributed by atoms with E-state index in [2.05, 4.69) is 13.8 Å². The number of hydrogen-bond donors (Lipinski definition) is 0. The predicted molar refractivity (Wildman–Crippen MR) is 55.7 cm³/mol. The van der Waals surface area contributed by atoms with E-state index in [0.29, 0.717) is 0 Å². The van der Waals surface area contributed by atoms with Crippen LogP contribution in [0.25, 0.3) is 0 Å². The Labute approximate surface area is 59.1 Å². The fraction of sp³-hybridized carbons (Fsp3) is 1.00. The van der Waals surface area contributed by atoms with Crippen molar-refractivity contribution in [2.75, 3.05) is 12.3 Å². The van der Waals surface area contributed by atoms with E-state index in [4.69, 9.17) is 0 Å². The quantitative estimate of drug-likeness (QED) is 0.584. The van der Waals surface area contributed by atoms with Gasteiger partial charge in [-0.1, -0.05) is 0 Å². The molecule has 0 aliphatic carbocycles. The van der Waals surface area contributed by atoms with Gasteiger partial charge in [0.15, 0.2) is 0 Å². The lowest BCUT2D eigenvalue weighted by molar-refractivity contribution is 1.43. The van der Waals surface area contributed by atoms with Crippen LogP contribution < -0.4 is 0 Å². The molecule has 2 bridgehead atoms. The fourth-order valence-corrected chi connectivity index (χ4v) is 148. The largest absolute Gasteiger partial charge is 0.117 e. The third-order valence-corrected chi connectivity index (χ3v) is 83.2. The minimum absolute atomic E-state index is 0.00103. The van der Waals surface area contributed by atoms with E-state index in [-0.39, 0.29) is 6.64 Å². The van der Waals surface area contributed by atoms with Crippen LogP contribution >= 0.6 is 32.5 Å². The SMILES string of the molecule is CC[P+]1(CC)p2p3p1p23. The van der Waals surface area contributed by atoms with E-state index in [1.807, 2.05) is 0 Å². The van der Waals surface area contributed by atoms with Gasteiger partial charge in [-0.05, 0) is 13.8 Å². The molecule has 0 atom stereocenters. The van der Waals surface area contributed by atoms with Crippen LogP contribution in [0.1, 0.15) is 13.8 Å². The summed E-state index contributed by atoms with van der Waals surface area (Å²) in [7, 11) is 0. The molecule has 4 rings (SSSR count). The highest BCUT2D eigenvalue weighted by molar-refractivity contribution is 9.42. The first-order valence-electron chi connectivity index (χ1n) is 3.45. The zero-order chi connectivity index (χ0) is 6.22. The van der Waals surface area contributed by atoms with Gasteiger partial charge in [-0.15, -0.1) is 0 Å². The molecule has 0 radical (unpaired) electrons. The monoisotopic (exact) mass is 213 g/mol. The molecule has 0 amide bonds. The molecule has 2 aliphatic rings. The van der Waals surface area contributed by atoms with Crippen molar-refractivity contribution in [3.05, 3.63) is 0 Å². The molecule has 0 spiro atoms. The summed E-state index contributed by atoms with van der Waals surface area (Å²) in [5.74, 6) is 0. The lowest BCUT2D eigenvalue weighted by Crippen LogP contribution is -1.87. The van der Waals surface area contributed by atoms with Gasteiger partial charge in [0.05, 0.1) is 25.1 Å². The molecule has 5 heteroatoms. The summed E-state index contributed by atoms with van der Waals surface area (Å²) in [6.45, 7) is 6.82. The van der Waals surface area contributed by atoms with E-state index in [1.54, 1.807) is 12.3 Å². The van der Waals surface area contributed by atoms with Gasteiger partial charge in [-0.25, -0.2) is 0 Å². The van der Waals surface area contributed by atoms with E-state index in [0.717, 1.165) is 25.9 Å². The summed E-state index contributed by atoms with van der Waals surface area (Å²) in [5.41, 5.74) is 0. The Morgan fingerprint density at radius 1 is 1.00 bits per heavy atom. The highest BCUT2D eigenvalue weighted by Gasteiger charge is 2.72. The Bertz CT molecular complexity index is 279. The van der Waals surface area contributed by atoms with Crippen LogP contribution in [0, 0.1) is 0 Å². The van der Waals surface area contributed by atoms with Gasteiger partial charge in [0.1, 0.15) is 19.8 Å². The predicted octanol–water partition coefficient (Wildman–Crippen LogP) is 5.42. The second-order valence-corrected chi connectivity index (χ2v) is 39.1. The van der Waals surface area contributed by atoms with Crippen molar-refractivity contribution in [3.8, 4) is 0 Å². The van der Waals surface area contributed by atoms with Crippen LogP contribution in [0.4, 0.5) is 0 Å². The molecule has 0 saturated carbocycles. The standard InChI is InChI=1S/C4H10P5/c1-3-9(4-2)7-5-6(7)8(5)9/h3-4H2,1-2H3/q+1.